The summed E-state index contributed by atoms with van der Waals surface area (Å²) in [6.07, 6.45) is 2.52. The van der Waals surface area contributed by atoms with Gasteiger partial charge in [-0.1, -0.05) is 30.3 Å². The van der Waals surface area contributed by atoms with Gasteiger partial charge in [-0.25, -0.2) is 4.98 Å². The van der Waals surface area contributed by atoms with Crippen LogP contribution >= 0.6 is 11.3 Å². The number of nitrogens with zero attached hydrogens (tertiary/aromatic N) is 1. The monoisotopic (exact) mass is 344 g/mol. The van der Waals surface area contributed by atoms with Crippen LogP contribution in [0.4, 0.5) is 0 Å². The fraction of sp³-hybridized carbons (Fsp3) is 0.353. The van der Waals surface area contributed by atoms with Crippen molar-refractivity contribution in [1.29, 1.82) is 0 Å². The quantitative estimate of drug-likeness (QED) is 0.738. The average Bonchev–Trinajstić information content (AvgIpc) is 3.26. The van der Waals surface area contributed by atoms with Crippen LogP contribution in [0.2, 0.25) is 0 Å². The maximum atomic E-state index is 12.4. The van der Waals surface area contributed by atoms with Crippen molar-refractivity contribution in [3.05, 3.63) is 52.0 Å². The normalized spacial score (nSPS) is 18.2. The van der Waals surface area contributed by atoms with Crippen molar-refractivity contribution in [3.63, 3.8) is 0 Å². The van der Waals surface area contributed by atoms with E-state index in [4.69, 9.17) is 5.73 Å². The second-order valence-corrected chi connectivity index (χ2v) is 6.73. The van der Waals surface area contributed by atoms with Gasteiger partial charge in [0.05, 0.1) is 6.04 Å². The van der Waals surface area contributed by atoms with Crippen molar-refractivity contribution in [1.82, 2.24) is 15.6 Å². The molecular formula is C17H20N4O2S. The number of carbonyl (C=O) groups excluding carboxylic acids is 2. The van der Waals surface area contributed by atoms with Crippen molar-refractivity contribution >= 4 is 23.2 Å². The molecule has 7 heteroatoms. The summed E-state index contributed by atoms with van der Waals surface area (Å²) in [5.74, 6) is -0.921. The number of rotatable bonds is 6. The Kier molecular flexibility index (Phi) is 5.22. The lowest BCUT2D eigenvalue weighted by atomic mass is 10.1. The van der Waals surface area contributed by atoms with E-state index in [1.807, 2.05) is 30.3 Å². The number of hydrogen-bond acceptors (Lipinski definition) is 5. The molecule has 1 aliphatic heterocycles. The topological polar surface area (TPSA) is 97.1 Å². The zero-order valence-corrected chi connectivity index (χ0v) is 14.0. The third kappa shape index (κ3) is 3.98. The molecule has 24 heavy (non-hydrogen) atoms. The Morgan fingerprint density at radius 2 is 2.17 bits per heavy atom. The largest absolute Gasteiger partial charge is 0.368 e. The molecule has 2 aromatic rings. The summed E-state index contributed by atoms with van der Waals surface area (Å²) in [6, 6.07) is 8.94. The van der Waals surface area contributed by atoms with Crippen molar-refractivity contribution < 1.29 is 9.59 Å². The summed E-state index contributed by atoms with van der Waals surface area (Å²) < 4.78 is 0. The highest BCUT2D eigenvalue weighted by molar-refractivity contribution is 7.09. The number of benzene rings is 1. The van der Waals surface area contributed by atoms with Crippen LogP contribution in [0.15, 0.2) is 35.7 Å². The van der Waals surface area contributed by atoms with Gasteiger partial charge in [0.25, 0.3) is 5.91 Å². The molecule has 2 heterocycles. The molecule has 1 saturated heterocycles. The number of amides is 2. The minimum atomic E-state index is -0.755. The number of primary amides is 1. The molecule has 0 spiro atoms. The van der Waals surface area contributed by atoms with E-state index in [1.54, 1.807) is 5.38 Å². The second kappa shape index (κ2) is 7.55. The van der Waals surface area contributed by atoms with Crippen molar-refractivity contribution in [2.75, 3.05) is 6.54 Å². The zero-order valence-electron chi connectivity index (χ0n) is 13.2. The van der Waals surface area contributed by atoms with Gasteiger partial charge in [-0.2, -0.15) is 0 Å². The second-order valence-electron chi connectivity index (χ2n) is 5.84. The van der Waals surface area contributed by atoms with Crippen LogP contribution in [0.1, 0.15) is 39.9 Å². The summed E-state index contributed by atoms with van der Waals surface area (Å²) in [7, 11) is 0. The molecule has 1 fully saturated rings. The SMILES string of the molecule is NC(=O)C(Cc1ccccc1)NC(=O)c1csc(C2CCCN2)n1. The van der Waals surface area contributed by atoms with E-state index in [2.05, 4.69) is 15.6 Å². The highest BCUT2D eigenvalue weighted by Crippen LogP contribution is 2.25. The van der Waals surface area contributed by atoms with E-state index < -0.39 is 11.9 Å². The Labute approximate surface area is 144 Å². The Balaban J connectivity index is 1.66. The first-order chi connectivity index (χ1) is 11.6. The molecule has 126 valence electrons. The van der Waals surface area contributed by atoms with Crippen molar-refractivity contribution in [3.8, 4) is 0 Å². The Morgan fingerprint density at radius 3 is 2.83 bits per heavy atom. The van der Waals surface area contributed by atoms with E-state index in [-0.39, 0.29) is 11.9 Å². The number of nitrogens with one attached hydrogen (secondary N) is 2. The van der Waals surface area contributed by atoms with Crippen LogP contribution in [0.3, 0.4) is 0 Å². The maximum absolute atomic E-state index is 12.4. The van der Waals surface area contributed by atoms with E-state index in [1.165, 1.54) is 11.3 Å². The van der Waals surface area contributed by atoms with E-state index in [0.29, 0.717) is 12.1 Å². The van der Waals surface area contributed by atoms with E-state index in [9.17, 15) is 9.59 Å². The minimum Gasteiger partial charge on any atom is -0.368 e. The number of thiazole rings is 1. The summed E-state index contributed by atoms with van der Waals surface area (Å²) in [4.78, 5) is 28.5. The van der Waals surface area contributed by atoms with Gasteiger partial charge >= 0.3 is 0 Å². The molecular weight excluding hydrogens is 324 g/mol. The highest BCUT2D eigenvalue weighted by atomic mass is 32.1. The molecule has 0 bridgehead atoms. The number of carbonyl (C=O) groups is 2. The van der Waals surface area contributed by atoms with Gasteiger partial charge in [-0.05, 0) is 24.9 Å². The van der Waals surface area contributed by atoms with Crippen LogP contribution in [-0.2, 0) is 11.2 Å². The van der Waals surface area contributed by atoms with E-state index in [0.717, 1.165) is 30.0 Å². The number of nitrogens with two attached hydrogens (primary N) is 1. The van der Waals surface area contributed by atoms with Crippen LogP contribution in [-0.4, -0.2) is 29.4 Å². The van der Waals surface area contributed by atoms with Gasteiger partial charge in [-0.15, -0.1) is 11.3 Å². The standard InChI is InChI=1S/C17H20N4O2S/c18-15(22)13(9-11-5-2-1-3-6-11)20-16(23)14-10-24-17(21-14)12-7-4-8-19-12/h1-3,5-6,10,12-13,19H,4,7-9H2,(H2,18,22)(H,20,23). The van der Waals surface area contributed by atoms with Crippen LogP contribution < -0.4 is 16.4 Å². The van der Waals surface area contributed by atoms with Gasteiger partial charge in [0.2, 0.25) is 5.91 Å². The summed E-state index contributed by atoms with van der Waals surface area (Å²) in [5.41, 5.74) is 6.71. The fourth-order valence-corrected chi connectivity index (χ4v) is 3.66. The Bertz CT molecular complexity index is 710. The molecule has 6 nitrogen and oxygen atoms in total. The predicted molar refractivity (Wildman–Crippen MR) is 92.7 cm³/mol. The lowest BCUT2D eigenvalue weighted by Gasteiger charge is -2.14. The Hall–Kier alpha value is -2.25. The average molecular weight is 344 g/mol. The van der Waals surface area contributed by atoms with Crippen LogP contribution in [0, 0.1) is 0 Å². The first kappa shape index (κ1) is 16.6. The fourth-order valence-electron chi connectivity index (χ4n) is 2.75. The van der Waals surface area contributed by atoms with Gasteiger partial charge in [-0.3, -0.25) is 9.59 Å². The molecule has 0 radical (unpaired) electrons. The molecule has 1 aromatic heterocycles. The third-order valence-electron chi connectivity index (χ3n) is 4.04. The molecule has 1 aliphatic rings. The van der Waals surface area contributed by atoms with Gasteiger partial charge in [0.15, 0.2) is 0 Å². The number of aromatic nitrogens is 1. The maximum Gasteiger partial charge on any atom is 0.271 e. The van der Waals surface area contributed by atoms with Crippen molar-refractivity contribution in [2.45, 2.75) is 31.3 Å². The lowest BCUT2D eigenvalue weighted by Crippen LogP contribution is -2.46. The summed E-state index contributed by atoms with van der Waals surface area (Å²) in [5, 5.41) is 8.70. The molecule has 2 unspecified atom stereocenters. The molecule has 0 saturated carbocycles. The summed E-state index contributed by atoms with van der Waals surface area (Å²) >= 11 is 1.46. The van der Waals surface area contributed by atoms with Crippen molar-refractivity contribution in [2.24, 2.45) is 5.73 Å². The lowest BCUT2D eigenvalue weighted by molar-refractivity contribution is -0.119. The third-order valence-corrected chi connectivity index (χ3v) is 5.00. The molecule has 2 atom stereocenters. The first-order valence-corrected chi connectivity index (χ1v) is 8.84. The number of hydrogen-bond donors (Lipinski definition) is 3. The predicted octanol–water partition coefficient (Wildman–Crippen LogP) is 1.39. The minimum absolute atomic E-state index is 0.229. The first-order valence-electron chi connectivity index (χ1n) is 7.96. The Morgan fingerprint density at radius 1 is 1.38 bits per heavy atom. The van der Waals surface area contributed by atoms with Crippen LogP contribution in [0.25, 0.3) is 0 Å². The molecule has 3 rings (SSSR count). The summed E-state index contributed by atoms with van der Waals surface area (Å²) in [6.45, 7) is 0.979. The zero-order chi connectivity index (χ0) is 16.9. The van der Waals surface area contributed by atoms with Gasteiger partial charge in [0, 0.05) is 11.8 Å². The van der Waals surface area contributed by atoms with Gasteiger partial charge < -0.3 is 16.4 Å². The smallest absolute Gasteiger partial charge is 0.271 e. The van der Waals surface area contributed by atoms with Gasteiger partial charge in [0.1, 0.15) is 16.7 Å². The molecule has 2 amide bonds. The molecule has 1 aromatic carbocycles. The van der Waals surface area contributed by atoms with E-state index >= 15 is 0 Å². The molecule has 4 N–H and O–H groups in total. The highest BCUT2D eigenvalue weighted by Gasteiger charge is 2.24. The van der Waals surface area contributed by atoms with Crippen LogP contribution in [0.5, 0.6) is 0 Å². The molecule has 0 aliphatic carbocycles.